The molecule has 1 saturated heterocycles. The van der Waals surface area contributed by atoms with Crippen LogP contribution in [0.4, 0.5) is 0 Å². The molecule has 14 heavy (non-hydrogen) atoms. The van der Waals surface area contributed by atoms with Crippen molar-refractivity contribution < 1.29 is 0 Å². The second-order valence-electron chi connectivity index (χ2n) is 4.53. The molecule has 1 fully saturated rings. The average Bonchev–Trinajstić information content (AvgIpc) is 2.18. The van der Waals surface area contributed by atoms with Crippen LogP contribution in [0.5, 0.6) is 0 Å². The summed E-state index contributed by atoms with van der Waals surface area (Å²) >= 11 is 0. The van der Waals surface area contributed by atoms with Crippen LogP contribution >= 0.6 is 0 Å². The fourth-order valence-electron chi connectivity index (χ4n) is 2.10. The first-order valence-electron chi connectivity index (χ1n) is 6.25. The fraction of sp³-hybridized carbons (Fsp3) is 0.846. The van der Waals surface area contributed by atoms with Crippen molar-refractivity contribution in [3.05, 3.63) is 12.2 Å². The molecule has 0 radical (unpaired) electrons. The summed E-state index contributed by atoms with van der Waals surface area (Å²) in [6.45, 7) is 4.55. The van der Waals surface area contributed by atoms with Crippen LogP contribution in [0.3, 0.4) is 0 Å². The average molecular weight is 195 g/mol. The Hall–Kier alpha value is -0.300. The summed E-state index contributed by atoms with van der Waals surface area (Å²) in [5.41, 5.74) is 0. The number of hydrogen-bond donors (Lipinski definition) is 1. The molecule has 0 aromatic rings. The zero-order chi connectivity index (χ0) is 10.2. The maximum Gasteiger partial charge on any atom is 0.0252 e. The number of allylic oxidation sites excluding steroid dienone is 1. The van der Waals surface area contributed by atoms with Crippen LogP contribution < -0.4 is 5.32 Å². The minimum atomic E-state index is 0.653. The Bertz CT molecular complexity index is 163. The summed E-state index contributed by atoms with van der Waals surface area (Å²) < 4.78 is 0. The van der Waals surface area contributed by atoms with Crippen LogP contribution in [0.2, 0.25) is 0 Å². The Kier molecular flexibility index (Phi) is 5.93. The second-order valence-corrected chi connectivity index (χ2v) is 4.53. The van der Waals surface area contributed by atoms with Crippen molar-refractivity contribution in [1.29, 1.82) is 0 Å². The van der Waals surface area contributed by atoms with E-state index in [9.17, 15) is 0 Å². The minimum Gasteiger partial charge on any atom is -0.308 e. The van der Waals surface area contributed by atoms with E-state index in [1.54, 1.807) is 0 Å². The first-order valence-corrected chi connectivity index (χ1v) is 6.25. The van der Waals surface area contributed by atoms with Gasteiger partial charge < -0.3 is 5.32 Å². The second kappa shape index (κ2) is 7.05. The number of hydrogen-bond acceptors (Lipinski definition) is 1. The lowest BCUT2D eigenvalue weighted by Gasteiger charge is -2.26. The van der Waals surface area contributed by atoms with Gasteiger partial charge in [-0.25, -0.2) is 0 Å². The molecule has 0 bridgehead atoms. The van der Waals surface area contributed by atoms with Crippen LogP contribution in [0.15, 0.2) is 12.2 Å². The zero-order valence-corrected chi connectivity index (χ0v) is 9.76. The zero-order valence-electron chi connectivity index (χ0n) is 9.76. The lowest BCUT2D eigenvalue weighted by molar-refractivity contribution is 0.374. The molecule has 1 nitrogen and oxygen atoms in total. The van der Waals surface area contributed by atoms with Crippen molar-refractivity contribution in [2.45, 2.75) is 70.9 Å². The van der Waals surface area contributed by atoms with E-state index in [-0.39, 0.29) is 0 Å². The quantitative estimate of drug-likeness (QED) is 0.521. The minimum absolute atomic E-state index is 0.653. The molecule has 1 N–H and O–H groups in total. The van der Waals surface area contributed by atoms with E-state index in [4.69, 9.17) is 0 Å². The van der Waals surface area contributed by atoms with Crippen LogP contribution in [0.25, 0.3) is 0 Å². The summed E-state index contributed by atoms with van der Waals surface area (Å²) in [6.07, 6.45) is 14.1. The number of piperidine rings is 1. The highest BCUT2D eigenvalue weighted by Gasteiger charge is 2.14. The number of rotatable bonds is 5. The van der Waals surface area contributed by atoms with Gasteiger partial charge in [0.25, 0.3) is 0 Å². The van der Waals surface area contributed by atoms with E-state index in [1.165, 1.54) is 44.9 Å². The van der Waals surface area contributed by atoms with Gasteiger partial charge in [0.2, 0.25) is 0 Å². The summed E-state index contributed by atoms with van der Waals surface area (Å²) in [7, 11) is 0. The van der Waals surface area contributed by atoms with Crippen LogP contribution in [0.1, 0.15) is 58.8 Å². The van der Waals surface area contributed by atoms with Crippen molar-refractivity contribution in [2.75, 3.05) is 0 Å². The van der Waals surface area contributed by atoms with E-state index in [0.29, 0.717) is 12.1 Å². The van der Waals surface area contributed by atoms with Gasteiger partial charge in [-0.05, 0) is 32.6 Å². The summed E-state index contributed by atoms with van der Waals surface area (Å²) in [6, 6.07) is 1.37. The molecule has 0 amide bonds. The predicted octanol–water partition coefficient (Wildman–Crippen LogP) is 3.65. The molecule has 1 heterocycles. The molecule has 2 atom stereocenters. The Morgan fingerprint density at radius 1 is 1.29 bits per heavy atom. The third-order valence-corrected chi connectivity index (χ3v) is 2.99. The summed E-state index contributed by atoms with van der Waals surface area (Å²) in [5, 5.41) is 3.62. The maximum absolute atomic E-state index is 3.62. The predicted molar refractivity (Wildman–Crippen MR) is 63.5 cm³/mol. The smallest absolute Gasteiger partial charge is 0.0252 e. The molecule has 0 spiro atoms. The third kappa shape index (κ3) is 4.80. The Morgan fingerprint density at radius 2 is 2.14 bits per heavy atom. The highest BCUT2D eigenvalue weighted by atomic mass is 14.9. The third-order valence-electron chi connectivity index (χ3n) is 2.99. The van der Waals surface area contributed by atoms with E-state index in [1.807, 2.05) is 0 Å². The summed E-state index contributed by atoms with van der Waals surface area (Å²) in [4.78, 5) is 0. The lowest BCUT2D eigenvalue weighted by atomic mass is 9.99. The van der Waals surface area contributed by atoms with Gasteiger partial charge >= 0.3 is 0 Å². The van der Waals surface area contributed by atoms with Crippen LogP contribution in [-0.2, 0) is 0 Å². The highest BCUT2D eigenvalue weighted by molar-refractivity contribution is 4.96. The number of unbranched alkanes of at least 4 members (excludes halogenated alkanes) is 3. The van der Waals surface area contributed by atoms with Crippen LogP contribution in [0, 0.1) is 0 Å². The SMILES string of the molecule is CCCCC/C=C/[C@@H]1CCC[C@@H](C)N1. The molecule has 0 aromatic carbocycles. The molecular formula is C13H25N. The van der Waals surface area contributed by atoms with Gasteiger partial charge in [0.05, 0.1) is 0 Å². The van der Waals surface area contributed by atoms with Crippen LogP contribution in [-0.4, -0.2) is 12.1 Å². The molecule has 1 aliphatic heterocycles. The van der Waals surface area contributed by atoms with E-state index in [0.717, 1.165) is 0 Å². The first-order chi connectivity index (χ1) is 6.83. The molecule has 0 unspecified atom stereocenters. The topological polar surface area (TPSA) is 12.0 Å². The highest BCUT2D eigenvalue weighted by Crippen LogP contribution is 2.13. The molecule has 1 rings (SSSR count). The summed E-state index contributed by atoms with van der Waals surface area (Å²) in [5.74, 6) is 0. The van der Waals surface area contributed by atoms with Crippen molar-refractivity contribution in [3.63, 3.8) is 0 Å². The normalized spacial score (nSPS) is 28.4. The van der Waals surface area contributed by atoms with Gasteiger partial charge in [0.15, 0.2) is 0 Å². The largest absolute Gasteiger partial charge is 0.308 e. The molecule has 0 aliphatic carbocycles. The van der Waals surface area contributed by atoms with Gasteiger partial charge in [0.1, 0.15) is 0 Å². The van der Waals surface area contributed by atoms with Crippen molar-refractivity contribution >= 4 is 0 Å². The standard InChI is InChI=1S/C13H25N/c1-3-4-5-6-7-10-13-11-8-9-12(2)14-13/h7,10,12-14H,3-6,8-9,11H2,1-2H3/b10-7+/t12-,13-/m1/s1. The van der Waals surface area contributed by atoms with Gasteiger partial charge in [-0.2, -0.15) is 0 Å². The van der Waals surface area contributed by atoms with Crippen molar-refractivity contribution in [3.8, 4) is 0 Å². The van der Waals surface area contributed by atoms with Crippen molar-refractivity contribution in [1.82, 2.24) is 5.32 Å². The Balaban J connectivity index is 2.09. The number of nitrogens with one attached hydrogen (secondary N) is 1. The monoisotopic (exact) mass is 195 g/mol. The first kappa shape index (κ1) is 11.8. The van der Waals surface area contributed by atoms with Gasteiger partial charge in [0, 0.05) is 12.1 Å². The van der Waals surface area contributed by atoms with Gasteiger partial charge in [-0.3, -0.25) is 0 Å². The molecule has 1 heteroatoms. The maximum atomic E-state index is 3.62. The van der Waals surface area contributed by atoms with E-state index < -0.39 is 0 Å². The van der Waals surface area contributed by atoms with E-state index in [2.05, 4.69) is 31.3 Å². The molecule has 1 aliphatic rings. The van der Waals surface area contributed by atoms with E-state index >= 15 is 0 Å². The molecule has 0 aromatic heterocycles. The Morgan fingerprint density at radius 3 is 2.86 bits per heavy atom. The fourth-order valence-corrected chi connectivity index (χ4v) is 2.10. The Labute approximate surface area is 89.0 Å². The molecule has 0 saturated carbocycles. The molecular weight excluding hydrogens is 170 g/mol. The lowest BCUT2D eigenvalue weighted by Crippen LogP contribution is -2.39. The van der Waals surface area contributed by atoms with Gasteiger partial charge in [-0.15, -0.1) is 0 Å². The van der Waals surface area contributed by atoms with Gasteiger partial charge in [-0.1, -0.05) is 38.3 Å². The molecule has 82 valence electrons. The van der Waals surface area contributed by atoms with Crippen molar-refractivity contribution in [2.24, 2.45) is 0 Å².